The SMILES string of the molecule is CCCSC1=NC2(CCN(C(=O)Nc3ccc(OCC)cc3)CC2)N=C1c1ccc(Cl)cc1. The Bertz CT molecular complexity index is 1030. The highest BCUT2D eigenvalue weighted by Gasteiger charge is 2.40. The molecule has 0 radical (unpaired) electrons. The summed E-state index contributed by atoms with van der Waals surface area (Å²) >= 11 is 7.84. The zero-order valence-corrected chi connectivity index (χ0v) is 20.6. The molecule has 2 aromatic carbocycles. The second-order valence-electron chi connectivity index (χ2n) is 8.09. The number of carbonyl (C=O) groups is 1. The lowest BCUT2D eigenvalue weighted by atomic mass is 9.98. The molecule has 8 heteroatoms. The van der Waals surface area contributed by atoms with Gasteiger partial charge in [-0.15, -0.1) is 11.8 Å². The number of rotatable bonds is 6. The maximum atomic E-state index is 12.8. The van der Waals surface area contributed by atoms with E-state index in [0.29, 0.717) is 37.6 Å². The van der Waals surface area contributed by atoms with Crippen LogP contribution >= 0.6 is 23.4 Å². The van der Waals surface area contributed by atoms with Crippen LogP contribution in [0.2, 0.25) is 5.02 Å². The molecule has 2 aliphatic rings. The molecule has 174 valence electrons. The first kappa shape index (κ1) is 23.6. The molecule has 0 unspecified atom stereocenters. The summed E-state index contributed by atoms with van der Waals surface area (Å²) in [6.07, 6.45) is 2.48. The molecule has 0 bridgehead atoms. The van der Waals surface area contributed by atoms with Crippen LogP contribution in [0.15, 0.2) is 58.5 Å². The van der Waals surface area contributed by atoms with Crippen molar-refractivity contribution in [1.82, 2.24) is 4.90 Å². The molecule has 2 amide bonds. The van der Waals surface area contributed by atoms with Crippen LogP contribution in [0.25, 0.3) is 0 Å². The number of thioether (sulfide) groups is 1. The zero-order chi connectivity index (χ0) is 23.3. The van der Waals surface area contributed by atoms with Gasteiger partial charge in [0.25, 0.3) is 0 Å². The van der Waals surface area contributed by atoms with Crippen LogP contribution in [0, 0.1) is 0 Å². The van der Waals surface area contributed by atoms with Gasteiger partial charge in [-0.25, -0.2) is 9.79 Å². The number of ether oxygens (including phenoxy) is 1. The van der Waals surface area contributed by atoms with Gasteiger partial charge in [0.15, 0.2) is 5.66 Å². The molecular weight excluding hydrogens is 456 g/mol. The van der Waals surface area contributed by atoms with Crippen molar-refractivity contribution in [2.75, 3.05) is 30.8 Å². The van der Waals surface area contributed by atoms with E-state index in [-0.39, 0.29) is 6.03 Å². The minimum atomic E-state index is -0.485. The molecule has 6 nitrogen and oxygen atoms in total. The van der Waals surface area contributed by atoms with E-state index in [1.54, 1.807) is 11.8 Å². The van der Waals surface area contributed by atoms with Gasteiger partial charge >= 0.3 is 6.03 Å². The van der Waals surface area contributed by atoms with Crippen molar-refractivity contribution in [3.8, 4) is 5.75 Å². The third-order valence-electron chi connectivity index (χ3n) is 5.66. The molecule has 2 aliphatic heterocycles. The lowest BCUT2D eigenvalue weighted by molar-refractivity contribution is 0.175. The van der Waals surface area contributed by atoms with Gasteiger partial charge in [0.05, 0.1) is 12.3 Å². The predicted octanol–water partition coefficient (Wildman–Crippen LogP) is 6.11. The molecule has 0 aliphatic carbocycles. The van der Waals surface area contributed by atoms with E-state index in [1.807, 2.05) is 60.4 Å². The van der Waals surface area contributed by atoms with Gasteiger partial charge in [-0.3, -0.25) is 4.99 Å². The Morgan fingerprint density at radius 1 is 1.09 bits per heavy atom. The molecule has 0 saturated carbocycles. The summed E-state index contributed by atoms with van der Waals surface area (Å²) in [4.78, 5) is 24.8. The minimum absolute atomic E-state index is 0.0986. The molecule has 1 fully saturated rings. The molecule has 4 rings (SSSR count). The monoisotopic (exact) mass is 484 g/mol. The summed E-state index contributed by atoms with van der Waals surface area (Å²) in [7, 11) is 0. The number of amides is 2. The third kappa shape index (κ3) is 5.71. The van der Waals surface area contributed by atoms with Gasteiger partial charge in [0.2, 0.25) is 0 Å². The Morgan fingerprint density at radius 3 is 2.42 bits per heavy atom. The van der Waals surface area contributed by atoms with E-state index in [0.717, 1.165) is 39.9 Å². The number of hydrogen-bond donors (Lipinski definition) is 1. The maximum absolute atomic E-state index is 12.8. The first-order valence-corrected chi connectivity index (χ1v) is 12.8. The normalized spacial score (nSPS) is 17.0. The van der Waals surface area contributed by atoms with Crippen LogP contribution in [-0.2, 0) is 0 Å². The lowest BCUT2D eigenvalue weighted by Crippen LogP contribution is -2.46. The Hall–Kier alpha value is -2.51. The average Bonchev–Trinajstić information content (AvgIpc) is 3.17. The van der Waals surface area contributed by atoms with Crippen LogP contribution in [-0.4, -0.2) is 52.8 Å². The molecular formula is C25H29ClN4O2S. The zero-order valence-electron chi connectivity index (χ0n) is 19.0. The number of urea groups is 1. The van der Waals surface area contributed by atoms with E-state index in [4.69, 9.17) is 26.3 Å². The smallest absolute Gasteiger partial charge is 0.321 e. The van der Waals surface area contributed by atoms with Crippen molar-refractivity contribution in [3.05, 3.63) is 59.1 Å². The van der Waals surface area contributed by atoms with Gasteiger partial charge < -0.3 is 15.0 Å². The molecule has 0 atom stereocenters. The molecule has 0 aromatic heterocycles. The van der Waals surface area contributed by atoms with E-state index >= 15 is 0 Å². The summed E-state index contributed by atoms with van der Waals surface area (Å²) in [6, 6.07) is 15.1. The minimum Gasteiger partial charge on any atom is -0.494 e. The average molecular weight is 485 g/mol. The highest BCUT2D eigenvalue weighted by molar-refractivity contribution is 8.15. The van der Waals surface area contributed by atoms with Gasteiger partial charge in [0.1, 0.15) is 10.8 Å². The van der Waals surface area contributed by atoms with Crippen molar-refractivity contribution in [1.29, 1.82) is 0 Å². The molecule has 1 spiro atoms. The number of piperidine rings is 1. The summed E-state index contributed by atoms with van der Waals surface area (Å²) in [5.74, 6) is 1.79. The Kier molecular flexibility index (Phi) is 7.60. The summed E-state index contributed by atoms with van der Waals surface area (Å²) < 4.78 is 5.46. The fourth-order valence-corrected chi connectivity index (χ4v) is 4.97. The molecule has 2 aromatic rings. The van der Waals surface area contributed by atoms with Gasteiger partial charge in [-0.1, -0.05) is 30.7 Å². The maximum Gasteiger partial charge on any atom is 0.321 e. The van der Waals surface area contributed by atoms with Gasteiger partial charge in [0, 0.05) is 42.2 Å². The Morgan fingerprint density at radius 2 is 1.79 bits per heavy atom. The van der Waals surface area contributed by atoms with Crippen LogP contribution < -0.4 is 10.1 Å². The largest absolute Gasteiger partial charge is 0.494 e. The van der Waals surface area contributed by atoms with Crippen molar-refractivity contribution >= 4 is 45.8 Å². The second kappa shape index (κ2) is 10.6. The number of halogens is 1. The van der Waals surface area contributed by atoms with Gasteiger partial charge in [-0.2, -0.15) is 0 Å². The second-order valence-corrected chi connectivity index (χ2v) is 9.61. The number of benzene rings is 2. The van der Waals surface area contributed by atoms with E-state index < -0.39 is 5.66 Å². The topological polar surface area (TPSA) is 66.3 Å². The standard InChI is InChI=1S/C25H29ClN4O2S/c1-3-17-33-23-22(18-5-7-19(26)8-6-18)28-25(29-23)13-15-30(16-14-25)24(31)27-20-9-11-21(12-10-20)32-4-2/h5-12H,3-4,13-17H2,1-2H3,(H,27,31). The van der Waals surface area contributed by atoms with Crippen molar-refractivity contribution in [2.45, 2.75) is 38.8 Å². The van der Waals surface area contributed by atoms with Crippen LogP contribution in [0.3, 0.4) is 0 Å². The summed E-state index contributed by atoms with van der Waals surface area (Å²) in [5, 5.41) is 4.68. The van der Waals surface area contributed by atoms with Crippen molar-refractivity contribution in [2.24, 2.45) is 9.98 Å². The Balaban J connectivity index is 1.42. The van der Waals surface area contributed by atoms with E-state index in [1.165, 1.54) is 0 Å². The number of hydrogen-bond acceptors (Lipinski definition) is 5. The molecule has 2 heterocycles. The number of aliphatic imine (C=N–C) groups is 2. The van der Waals surface area contributed by atoms with Crippen LogP contribution in [0.4, 0.5) is 10.5 Å². The first-order valence-electron chi connectivity index (χ1n) is 11.4. The lowest BCUT2D eigenvalue weighted by Gasteiger charge is -2.35. The highest BCUT2D eigenvalue weighted by atomic mass is 35.5. The van der Waals surface area contributed by atoms with Crippen molar-refractivity contribution < 1.29 is 9.53 Å². The van der Waals surface area contributed by atoms with E-state index in [9.17, 15) is 4.79 Å². The first-order chi connectivity index (χ1) is 16.0. The molecule has 1 saturated heterocycles. The predicted molar refractivity (Wildman–Crippen MR) is 138 cm³/mol. The van der Waals surface area contributed by atoms with Crippen LogP contribution in [0.5, 0.6) is 5.75 Å². The number of anilines is 1. The van der Waals surface area contributed by atoms with Crippen LogP contribution in [0.1, 0.15) is 38.7 Å². The molecule has 1 N–H and O–H groups in total. The summed E-state index contributed by atoms with van der Waals surface area (Å²) in [6.45, 7) is 5.94. The molecule has 33 heavy (non-hydrogen) atoms. The number of likely N-dealkylation sites (tertiary alicyclic amines) is 1. The quantitative estimate of drug-likeness (QED) is 0.538. The number of nitrogens with zero attached hydrogens (tertiary/aromatic N) is 3. The van der Waals surface area contributed by atoms with Gasteiger partial charge in [-0.05, 0) is 55.5 Å². The Labute approximate surface area is 204 Å². The fraction of sp³-hybridized carbons (Fsp3) is 0.400. The number of nitrogens with one attached hydrogen (secondary N) is 1. The van der Waals surface area contributed by atoms with E-state index in [2.05, 4.69) is 12.2 Å². The fourth-order valence-electron chi connectivity index (χ4n) is 3.91. The van der Waals surface area contributed by atoms with Crippen molar-refractivity contribution in [3.63, 3.8) is 0 Å². The summed E-state index contributed by atoms with van der Waals surface area (Å²) in [5.41, 5.74) is 2.25. The third-order valence-corrected chi connectivity index (χ3v) is 7.08. The highest BCUT2D eigenvalue weighted by Crippen LogP contribution is 2.36. The number of carbonyl (C=O) groups excluding carboxylic acids is 1.